The van der Waals surface area contributed by atoms with E-state index in [-0.39, 0.29) is 17.2 Å². The Morgan fingerprint density at radius 3 is 2.47 bits per heavy atom. The van der Waals surface area contributed by atoms with Crippen LogP contribution in [0.25, 0.3) is 11.1 Å². The summed E-state index contributed by atoms with van der Waals surface area (Å²) in [6.07, 6.45) is 1.28. The summed E-state index contributed by atoms with van der Waals surface area (Å²) in [6, 6.07) is 12.0. The van der Waals surface area contributed by atoms with E-state index in [4.69, 9.17) is 4.74 Å². The van der Waals surface area contributed by atoms with Crippen LogP contribution in [-0.4, -0.2) is 26.4 Å². The number of nitrogens with one attached hydrogen (secondary N) is 1. The second-order valence-corrected chi connectivity index (χ2v) is 10.0. The number of ether oxygens (including phenoxy) is 1. The quantitative estimate of drug-likeness (QED) is 0.482. The molecule has 0 saturated carbocycles. The van der Waals surface area contributed by atoms with Crippen molar-refractivity contribution in [3.05, 3.63) is 76.1 Å². The summed E-state index contributed by atoms with van der Waals surface area (Å²) in [5, 5.41) is 0. The summed E-state index contributed by atoms with van der Waals surface area (Å²) in [5.41, 5.74) is 2.24. The molecule has 1 aromatic heterocycles. The van der Waals surface area contributed by atoms with Gasteiger partial charge in [-0.15, -0.1) is 0 Å². The first-order valence-electron chi connectivity index (χ1n) is 9.74. The van der Waals surface area contributed by atoms with Gasteiger partial charge in [-0.25, -0.2) is 22.5 Å². The first kappa shape index (κ1) is 23.9. The average Bonchev–Trinajstić information content (AvgIpc) is 2.74. The van der Waals surface area contributed by atoms with Crippen molar-refractivity contribution < 1.29 is 22.3 Å². The highest BCUT2D eigenvalue weighted by molar-refractivity contribution is 9.10. The van der Waals surface area contributed by atoms with Gasteiger partial charge in [0.15, 0.2) is 0 Å². The van der Waals surface area contributed by atoms with Crippen LogP contribution in [0.15, 0.2) is 64.1 Å². The lowest BCUT2D eigenvalue weighted by atomic mass is 9.88. The number of carbonyl (C=O) groups is 1. The molecule has 0 unspecified atom stereocenters. The highest BCUT2D eigenvalue weighted by Gasteiger charge is 2.22. The number of sulfonamides is 1. The molecule has 1 heterocycles. The molecule has 0 aliphatic carbocycles. The van der Waals surface area contributed by atoms with E-state index in [1.807, 2.05) is 13.8 Å². The number of aromatic nitrogens is 1. The van der Waals surface area contributed by atoms with Gasteiger partial charge in [-0.1, -0.05) is 29.8 Å². The number of pyridine rings is 1. The number of hydrogen-bond donors (Lipinski definition) is 1. The zero-order valence-electron chi connectivity index (χ0n) is 17.7. The van der Waals surface area contributed by atoms with E-state index >= 15 is 0 Å². The number of benzene rings is 2. The molecule has 32 heavy (non-hydrogen) atoms. The Balaban J connectivity index is 2.00. The standard InChI is InChI=1S/C23H22BrFN2O4S/c1-14(2)19-11-17(25)12-20(15-8-9-26-23(10-15)31-3)21(19)13-22(28)27-32(29,30)18-6-4-16(24)5-7-18/h4-12,14H,13H2,1-3H3,(H,27,28). The van der Waals surface area contributed by atoms with Gasteiger partial charge in [-0.2, -0.15) is 0 Å². The van der Waals surface area contributed by atoms with Crippen LogP contribution in [0.4, 0.5) is 4.39 Å². The zero-order chi connectivity index (χ0) is 23.5. The molecule has 0 atom stereocenters. The fourth-order valence-corrected chi connectivity index (χ4v) is 4.58. The number of halogens is 2. The molecule has 0 spiro atoms. The Kier molecular flexibility index (Phi) is 7.30. The molecule has 1 N–H and O–H groups in total. The molecular formula is C23H22BrFN2O4S. The van der Waals surface area contributed by atoms with Crippen LogP contribution in [-0.2, 0) is 21.2 Å². The SMILES string of the molecule is COc1cc(-c2cc(F)cc(C(C)C)c2CC(=O)NS(=O)(=O)c2ccc(Br)cc2)ccn1. The Morgan fingerprint density at radius 1 is 1.16 bits per heavy atom. The second kappa shape index (κ2) is 9.79. The van der Waals surface area contributed by atoms with E-state index in [0.717, 1.165) is 0 Å². The molecule has 0 bridgehead atoms. The predicted octanol–water partition coefficient (Wildman–Crippen LogP) is 4.83. The maximum absolute atomic E-state index is 14.5. The van der Waals surface area contributed by atoms with Crippen LogP contribution in [0.3, 0.4) is 0 Å². The predicted molar refractivity (Wildman–Crippen MR) is 123 cm³/mol. The molecule has 0 fully saturated rings. The van der Waals surface area contributed by atoms with Gasteiger partial charge in [-0.3, -0.25) is 4.79 Å². The summed E-state index contributed by atoms with van der Waals surface area (Å²) in [6.45, 7) is 3.76. The molecular weight excluding hydrogens is 499 g/mol. The number of rotatable bonds is 7. The van der Waals surface area contributed by atoms with Crippen LogP contribution in [0, 0.1) is 5.82 Å². The molecule has 0 saturated heterocycles. The van der Waals surface area contributed by atoms with Crippen LogP contribution in [0.1, 0.15) is 30.9 Å². The fraction of sp³-hybridized carbons (Fsp3) is 0.217. The minimum Gasteiger partial charge on any atom is -0.481 e. The van der Waals surface area contributed by atoms with E-state index in [1.165, 1.54) is 37.6 Å². The van der Waals surface area contributed by atoms with Crippen molar-refractivity contribution in [2.24, 2.45) is 0 Å². The average molecular weight is 521 g/mol. The van der Waals surface area contributed by atoms with Gasteiger partial charge in [0.05, 0.1) is 18.4 Å². The lowest BCUT2D eigenvalue weighted by molar-refractivity contribution is -0.118. The third-order valence-electron chi connectivity index (χ3n) is 4.84. The molecule has 0 radical (unpaired) electrons. The van der Waals surface area contributed by atoms with Gasteiger partial charge >= 0.3 is 0 Å². The van der Waals surface area contributed by atoms with E-state index in [0.29, 0.717) is 32.6 Å². The van der Waals surface area contributed by atoms with Gasteiger partial charge in [0.2, 0.25) is 11.8 Å². The molecule has 3 rings (SSSR count). The summed E-state index contributed by atoms with van der Waals surface area (Å²) in [5.74, 6) is -0.931. The van der Waals surface area contributed by atoms with E-state index in [1.54, 1.807) is 24.3 Å². The van der Waals surface area contributed by atoms with Crippen molar-refractivity contribution in [1.29, 1.82) is 0 Å². The summed E-state index contributed by atoms with van der Waals surface area (Å²) in [4.78, 5) is 16.8. The number of amides is 1. The van der Waals surface area contributed by atoms with Crippen molar-refractivity contribution in [3.63, 3.8) is 0 Å². The number of nitrogens with zero attached hydrogens (tertiary/aromatic N) is 1. The summed E-state index contributed by atoms with van der Waals surface area (Å²) >= 11 is 3.25. The Hall–Kier alpha value is -2.78. The highest BCUT2D eigenvalue weighted by Crippen LogP contribution is 2.33. The largest absolute Gasteiger partial charge is 0.481 e. The number of hydrogen-bond acceptors (Lipinski definition) is 5. The first-order chi connectivity index (χ1) is 15.1. The third-order valence-corrected chi connectivity index (χ3v) is 6.75. The topological polar surface area (TPSA) is 85.4 Å². The van der Waals surface area contributed by atoms with Crippen molar-refractivity contribution in [3.8, 4) is 17.0 Å². The minimum absolute atomic E-state index is 0.0312. The van der Waals surface area contributed by atoms with Gasteiger partial charge in [0.1, 0.15) is 5.82 Å². The van der Waals surface area contributed by atoms with Crippen LogP contribution < -0.4 is 9.46 Å². The fourth-order valence-electron chi connectivity index (χ4n) is 3.34. The van der Waals surface area contributed by atoms with Crippen LogP contribution in [0.5, 0.6) is 5.88 Å². The Bertz CT molecular complexity index is 1250. The monoisotopic (exact) mass is 520 g/mol. The van der Waals surface area contributed by atoms with Gasteiger partial charge in [0.25, 0.3) is 10.0 Å². The van der Waals surface area contributed by atoms with Crippen LogP contribution in [0.2, 0.25) is 0 Å². The van der Waals surface area contributed by atoms with Crippen molar-refractivity contribution in [2.75, 3.05) is 7.11 Å². The van der Waals surface area contributed by atoms with E-state index < -0.39 is 21.7 Å². The molecule has 1 amide bonds. The Labute approximate surface area is 195 Å². The van der Waals surface area contributed by atoms with Gasteiger partial charge in [0, 0.05) is 16.7 Å². The van der Waals surface area contributed by atoms with Crippen LogP contribution >= 0.6 is 15.9 Å². The second-order valence-electron chi connectivity index (χ2n) is 7.42. The Morgan fingerprint density at radius 2 is 1.84 bits per heavy atom. The van der Waals surface area contributed by atoms with Crippen molar-refractivity contribution in [2.45, 2.75) is 31.1 Å². The third kappa shape index (κ3) is 5.52. The van der Waals surface area contributed by atoms with E-state index in [9.17, 15) is 17.6 Å². The summed E-state index contributed by atoms with van der Waals surface area (Å²) < 4.78 is 47.7. The molecule has 3 aromatic rings. The van der Waals surface area contributed by atoms with Gasteiger partial charge in [-0.05, 0) is 70.6 Å². The summed E-state index contributed by atoms with van der Waals surface area (Å²) in [7, 11) is -2.58. The van der Waals surface area contributed by atoms with Crippen molar-refractivity contribution in [1.82, 2.24) is 9.71 Å². The molecule has 9 heteroatoms. The maximum atomic E-state index is 14.5. The normalized spacial score (nSPS) is 11.4. The van der Waals surface area contributed by atoms with E-state index in [2.05, 4.69) is 25.6 Å². The molecule has 168 valence electrons. The first-order valence-corrected chi connectivity index (χ1v) is 12.0. The molecule has 2 aromatic carbocycles. The zero-order valence-corrected chi connectivity index (χ0v) is 20.1. The minimum atomic E-state index is -4.05. The maximum Gasteiger partial charge on any atom is 0.264 e. The molecule has 0 aliphatic rings. The lowest BCUT2D eigenvalue weighted by Crippen LogP contribution is -2.32. The highest BCUT2D eigenvalue weighted by atomic mass is 79.9. The number of carbonyl (C=O) groups excluding carboxylic acids is 1. The van der Waals surface area contributed by atoms with Gasteiger partial charge < -0.3 is 4.74 Å². The smallest absolute Gasteiger partial charge is 0.264 e. The molecule has 0 aliphatic heterocycles. The van der Waals surface area contributed by atoms with Crippen molar-refractivity contribution >= 4 is 31.9 Å². The molecule has 6 nitrogen and oxygen atoms in total. The lowest BCUT2D eigenvalue weighted by Gasteiger charge is -2.18. The number of methoxy groups -OCH3 is 1.